The average Bonchev–Trinajstić information content (AvgIpc) is 1.82. The van der Waals surface area contributed by atoms with Crippen LogP contribution in [0.2, 0.25) is 0 Å². The molecule has 0 unspecified atom stereocenters. The van der Waals surface area contributed by atoms with Crippen LogP contribution in [0.15, 0.2) is 0 Å². The monoisotopic (exact) mass is 147 g/mol. The van der Waals surface area contributed by atoms with Gasteiger partial charge in [-0.15, -0.1) is 0 Å². The Morgan fingerprint density at radius 2 is 2.00 bits per heavy atom. The van der Waals surface area contributed by atoms with Crippen LogP contribution in [0.3, 0.4) is 0 Å². The van der Waals surface area contributed by atoms with Gasteiger partial charge in [0.1, 0.15) is 0 Å². The van der Waals surface area contributed by atoms with Gasteiger partial charge in [0.2, 0.25) is 5.91 Å². The predicted molar refractivity (Wildman–Crippen MR) is 36.1 cm³/mol. The molecule has 0 heterocycles. The molecule has 60 valence electrons. The first-order valence-electron chi connectivity index (χ1n) is 3.18. The van der Waals surface area contributed by atoms with Crippen LogP contribution in [0.4, 0.5) is 0 Å². The molecular weight excluding hydrogens is 134 g/mol. The highest BCUT2D eigenvalue weighted by molar-refractivity contribution is 5.77. The molecule has 4 heteroatoms. The molecule has 0 aliphatic heterocycles. The van der Waals surface area contributed by atoms with Crippen LogP contribution in [-0.4, -0.2) is 29.0 Å². The Kier molecular flexibility index (Phi) is 3.99. The summed E-state index contributed by atoms with van der Waals surface area (Å²) in [4.78, 5) is 10.7. The fraction of sp³-hybridized carbons (Fsp3) is 0.833. The van der Waals surface area contributed by atoms with Crippen molar-refractivity contribution < 1.29 is 15.0 Å². The summed E-state index contributed by atoms with van der Waals surface area (Å²) in [5.74, 6) is -0.285. The van der Waals surface area contributed by atoms with E-state index in [0.29, 0.717) is 0 Å². The van der Waals surface area contributed by atoms with Crippen LogP contribution >= 0.6 is 0 Å². The van der Waals surface area contributed by atoms with E-state index in [1.165, 1.54) is 0 Å². The third kappa shape index (κ3) is 4.29. The minimum atomic E-state index is -1.46. The fourth-order valence-electron chi connectivity index (χ4n) is 0.396. The van der Waals surface area contributed by atoms with Crippen molar-refractivity contribution in [2.75, 3.05) is 6.54 Å². The quantitative estimate of drug-likeness (QED) is 0.452. The van der Waals surface area contributed by atoms with Gasteiger partial charge in [0.15, 0.2) is 6.29 Å². The lowest BCUT2D eigenvalue weighted by Crippen LogP contribution is -2.34. The van der Waals surface area contributed by atoms with Crippen molar-refractivity contribution in [1.82, 2.24) is 5.32 Å². The number of nitrogens with one attached hydrogen (secondary N) is 1. The van der Waals surface area contributed by atoms with E-state index in [1.807, 2.05) is 0 Å². The van der Waals surface area contributed by atoms with Crippen molar-refractivity contribution >= 4 is 5.91 Å². The van der Waals surface area contributed by atoms with Gasteiger partial charge in [-0.1, -0.05) is 13.8 Å². The van der Waals surface area contributed by atoms with Gasteiger partial charge in [-0.25, -0.2) is 0 Å². The SMILES string of the molecule is CC(C)C(=O)NCC(O)O. The first kappa shape index (κ1) is 9.39. The van der Waals surface area contributed by atoms with Crippen LogP contribution in [0.1, 0.15) is 13.8 Å². The van der Waals surface area contributed by atoms with Crippen molar-refractivity contribution in [1.29, 1.82) is 0 Å². The Morgan fingerprint density at radius 3 is 2.30 bits per heavy atom. The number of amides is 1. The van der Waals surface area contributed by atoms with Gasteiger partial charge in [0, 0.05) is 5.92 Å². The van der Waals surface area contributed by atoms with Gasteiger partial charge in [0.05, 0.1) is 6.54 Å². The largest absolute Gasteiger partial charge is 0.367 e. The van der Waals surface area contributed by atoms with Crippen LogP contribution in [-0.2, 0) is 4.79 Å². The molecule has 0 atom stereocenters. The van der Waals surface area contributed by atoms with Crippen LogP contribution in [0, 0.1) is 5.92 Å². The summed E-state index contributed by atoms with van der Waals surface area (Å²) in [6.45, 7) is 3.37. The van der Waals surface area contributed by atoms with E-state index in [4.69, 9.17) is 10.2 Å². The van der Waals surface area contributed by atoms with Gasteiger partial charge in [-0.3, -0.25) is 4.79 Å². The molecule has 0 radical (unpaired) electrons. The van der Waals surface area contributed by atoms with E-state index in [2.05, 4.69) is 5.32 Å². The summed E-state index contributed by atoms with van der Waals surface area (Å²) in [6, 6.07) is 0. The van der Waals surface area contributed by atoms with Crippen molar-refractivity contribution in [3.8, 4) is 0 Å². The molecule has 0 aliphatic rings. The normalized spacial score (nSPS) is 10.6. The predicted octanol–water partition coefficient (Wildman–Crippen LogP) is -0.931. The number of carbonyl (C=O) groups excluding carboxylic acids is 1. The second kappa shape index (κ2) is 4.24. The minimum absolute atomic E-state index is 0.100. The lowest BCUT2D eigenvalue weighted by molar-refractivity contribution is -0.126. The highest BCUT2D eigenvalue weighted by Crippen LogP contribution is 1.89. The van der Waals surface area contributed by atoms with E-state index in [-0.39, 0.29) is 18.4 Å². The summed E-state index contributed by atoms with van der Waals surface area (Å²) >= 11 is 0. The molecule has 10 heavy (non-hydrogen) atoms. The number of hydrogen-bond donors (Lipinski definition) is 3. The molecule has 0 saturated heterocycles. The Balaban J connectivity index is 3.40. The van der Waals surface area contributed by atoms with Gasteiger partial charge in [-0.2, -0.15) is 0 Å². The maximum absolute atomic E-state index is 10.7. The third-order valence-electron chi connectivity index (χ3n) is 0.983. The molecule has 3 N–H and O–H groups in total. The summed E-state index contributed by atoms with van der Waals surface area (Å²) < 4.78 is 0. The maximum Gasteiger partial charge on any atom is 0.222 e. The smallest absolute Gasteiger partial charge is 0.222 e. The number of hydrogen-bond acceptors (Lipinski definition) is 3. The molecule has 1 amide bonds. The summed E-state index contributed by atoms with van der Waals surface area (Å²) in [6.07, 6.45) is -1.46. The molecule has 0 aromatic carbocycles. The molecule has 0 bridgehead atoms. The van der Waals surface area contributed by atoms with Crippen molar-refractivity contribution in [3.05, 3.63) is 0 Å². The average molecular weight is 147 g/mol. The zero-order valence-electron chi connectivity index (χ0n) is 6.16. The second-order valence-electron chi connectivity index (χ2n) is 2.38. The Labute approximate surface area is 59.9 Å². The maximum atomic E-state index is 10.7. The van der Waals surface area contributed by atoms with Gasteiger partial charge in [0.25, 0.3) is 0 Å². The molecule has 0 aromatic rings. The molecule has 0 aromatic heterocycles. The number of aliphatic hydroxyl groups excluding tert-OH is 1. The van der Waals surface area contributed by atoms with E-state index in [9.17, 15) is 4.79 Å². The summed E-state index contributed by atoms with van der Waals surface area (Å²) in [7, 11) is 0. The first-order valence-corrected chi connectivity index (χ1v) is 3.18. The molecular formula is C6H13NO3. The fourth-order valence-corrected chi connectivity index (χ4v) is 0.396. The molecule has 4 nitrogen and oxygen atoms in total. The van der Waals surface area contributed by atoms with Crippen LogP contribution in [0.5, 0.6) is 0 Å². The molecule has 0 saturated carbocycles. The lowest BCUT2D eigenvalue weighted by Gasteiger charge is -2.07. The van der Waals surface area contributed by atoms with Crippen molar-refractivity contribution in [2.45, 2.75) is 20.1 Å². The Morgan fingerprint density at radius 1 is 1.50 bits per heavy atom. The molecule has 0 aliphatic carbocycles. The number of rotatable bonds is 3. The van der Waals surface area contributed by atoms with Crippen molar-refractivity contribution in [3.63, 3.8) is 0 Å². The molecule has 0 fully saturated rings. The topological polar surface area (TPSA) is 69.6 Å². The van der Waals surface area contributed by atoms with Crippen LogP contribution in [0.25, 0.3) is 0 Å². The summed E-state index contributed by atoms with van der Waals surface area (Å²) in [5, 5.41) is 19.0. The second-order valence-corrected chi connectivity index (χ2v) is 2.38. The Hall–Kier alpha value is -0.610. The third-order valence-corrected chi connectivity index (χ3v) is 0.983. The minimum Gasteiger partial charge on any atom is -0.367 e. The standard InChI is InChI=1S/C6H13NO3/c1-4(2)6(10)7-3-5(8)9/h4-5,8-9H,3H2,1-2H3,(H,7,10). The Bertz CT molecular complexity index is 112. The number of carbonyl (C=O) groups is 1. The molecule has 0 rings (SSSR count). The zero-order chi connectivity index (χ0) is 8.15. The van der Waals surface area contributed by atoms with Crippen molar-refractivity contribution in [2.24, 2.45) is 5.92 Å². The highest BCUT2D eigenvalue weighted by atomic mass is 16.5. The van der Waals surface area contributed by atoms with E-state index in [1.54, 1.807) is 13.8 Å². The van der Waals surface area contributed by atoms with E-state index < -0.39 is 6.29 Å². The highest BCUT2D eigenvalue weighted by Gasteiger charge is 2.06. The van der Waals surface area contributed by atoms with E-state index in [0.717, 1.165) is 0 Å². The van der Waals surface area contributed by atoms with E-state index >= 15 is 0 Å². The van der Waals surface area contributed by atoms with Gasteiger partial charge in [-0.05, 0) is 0 Å². The van der Waals surface area contributed by atoms with Crippen LogP contribution < -0.4 is 5.32 Å². The first-order chi connectivity index (χ1) is 4.54. The van der Waals surface area contributed by atoms with Gasteiger partial charge < -0.3 is 15.5 Å². The lowest BCUT2D eigenvalue weighted by atomic mass is 10.2. The summed E-state index contributed by atoms with van der Waals surface area (Å²) in [5.41, 5.74) is 0. The molecule has 0 spiro atoms. The van der Waals surface area contributed by atoms with Gasteiger partial charge >= 0.3 is 0 Å². The number of aliphatic hydroxyl groups is 2. The zero-order valence-corrected chi connectivity index (χ0v) is 6.16.